The van der Waals surface area contributed by atoms with Gasteiger partial charge in [-0.25, -0.2) is 0 Å². The standard InChI is InChI=1S/C14H15NO2/c1-16-12-4-3-5-13(17-2)14(12)10-6-8-11(15)9-7-10/h3-9H,15H2,1-2H3. The number of anilines is 1. The van der Waals surface area contributed by atoms with E-state index in [1.807, 2.05) is 42.5 Å². The molecule has 0 aliphatic rings. The van der Waals surface area contributed by atoms with Gasteiger partial charge in [0.2, 0.25) is 0 Å². The molecule has 3 nitrogen and oxygen atoms in total. The highest BCUT2D eigenvalue weighted by molar-refractivity contribution is 5.77. The van der Waals surface area contributed by atoms with Crippen LogP contribution in [-0.4, -0.2) is 14.2 Å². The minimum Gasteiger partial charge on any atom is -0.496 e. The fourth-order valence-electron chi connectivity index (χ4n) is 1.79. The van der Waals surface area contributed by atoms with Gasteiger partial charge in [0.05, 0.1) is 19.8 Å². The van der Waals surface area contributed by atoms with E-state index in [0.29, 0.717) is 0 Å². The van der Waals surface area contributed by atoms with Gasteiger partial charge in [-0.3, -0.25) is 0 Å². The number of benzene rings is 2. The minimum atomic E-state index is 0.739. The van der Waals surface area contributed by atoms with Gasteiger partial charge in [0.1, 0.15) is 11.5 Å². The minimum absolute atomic E-state index is 0.739. The molecule has 0 amide bonds. The molecule has 2 aromatic carbocycles. The van der Waals surface area contributed by atoms with E-state index in [9.17, 15) is 0 Å². The van der Waals surface area contributed by atoms with E-state index in [4.69, 9.17) is 15.2 Å². The average Bonchev–Trinajstić information content (AvgIpc) is 2.38. The number of methoxy groups -OCH3 is 2. The second-order valence-electron chi connectivity index (χ2n) is 3.66. The van der Waals surface area contributed by atoms with E-state index in [0.717, 1.165) is 28.3 Å². The van der Waals surface area contributed by atoms with Crippen molar-refractivity contribution in [2.75, 3.05) is 20.0 Å². The number of hydrogen-bond donors (Lipinski definition) is 1. The maximum Gasteiger partial charge on any atom is 0.130 e. The van der Waals surface area contributed by atoms with Gasteiger partial charge in [-0.2, -0.15) is 0 Å². The molecule has 2 aromatic rings. The Bertz CT molecular complexity index is 484. The highest BCUT2D eigenvalue weighted by Gasteiger charge is 2.11. The predicted octanol–water partition coefficient (Wildman–Crippen LogP) is 2.95. The zero-order chi connectivity index (χ0) is 12.3. The molecule has 3 heteroatoms. The third kappa shape index (κ3) is 2.18. The summed E-state index contributed by atoms with van der Waals surface area (Å²) in [5, 5.41) is 0. The fraction of sp³-hybridized carbons (Fsp3) is 0.143. The summed E-state index contributed by atoms with van der Waals surface area (Å²) >= 11 is 0. The molecule has 0 unspecified atom stereocenters. The lowest BCUT2D eigenvalue weighted by atomic mass is 10.0. The third-order valence-corrected chi connectivity index (χ3v) is 2.63. The zero-order valence-corrected chi connectivity index (χ0v) is 9.94. The first-order chi connectivity index (χ1) is 8.26. The SMILES string of the molecule is COc1cccc(OC)c1-c1ccc(N)cc1. The molecule has 0 saturated heterocycles. The van der Waals surface area contributed by atoms with Crippen molar-refractivity contribution in [3.8, 4) is 22.6 Å². The number of nitrogens with two attached hydrogens (primary N) is 1. The van der Waals surface area contributed by atoms with Gasteiger partial charge in [-0.05, 0) is 29.8 Å². The number of rotatable bonds is 3. The lowest BCUT2D eigenvalue weighted by Crippen LogP contribution is -1.93. The van der Waals surface area contributed by atoms with Crippen molar-refractivity contribution in [1.29, 1.82) is 0 Å². The van der Waals surface area contributed by atoms with Gasteiger partial charge in [-0.15, -0.1) is 0 Å². The Morgan fingerprint density at radius 2 is 1.35 bits per heavy atom. The molecule has 2 N–H and O–H groups in total. The van der Waals surface area contributed by atoms with Crippen LogP contribution in [0.2, 0.25) is 0 Å². The highest BCUT2D eigenvalue weighted by atomic mass is 16.5. The Morgan fingerprint density at radius 1 is 0.824 bits per heavy atom. The van der Waals surface area contributed by atoms with Crippen LogP contribution in [0.25, 0.3) is 11.1 Å². The van der Waals surface area contributed by atoms with Crippen LogP contribution in [0.1, 0.15) is 0 Å². The van der Waals surface area contributed by atoms with Gasteiger partial charge in [-0.1, -0.05) is 18.2 Å². The van der Waals surface area contributed by atoms with Crippen molar-refractivity contribution in [3.63, 3.8) is 0 Å². The second-order valence-corrected chi connectivity index (χ2v) is 3.66. The van der Waals surface area contributed by atoms with Crippen molar-refractivity contribution >= 4 is 5.69 Å². The van der Waals surface area contributed by atoms with Gasteiger partial charge in [0.15, 0.2) is 0 Å². The van der Waals surface area contributed by atoms with Crippen LogP contribution >= 0.6 is 0 Å². The van der Waals surface area contributed by atoms with Crippen molar-refractivity contribution in [3.05, 3.63) is 42.5 Å². The second kappa shape index (κ2) is 4.78. The molecule has 0 spiro atoms. The Morgan fingerprint density at radius 3 is 1.82 bits per heavy atom. The summed E-state index contributed by atoms with van der Waals surface area (Å²) in [5.41, 5.74) is 8.39. The molecular formula is C14H15NO2. The normalized spacial score (nSPS) is 10.0. The van der Waals surface area contributed by atoms with Crippen molar-refractivity contribution in [2.45, 2.75) is 0 Å². The van der Waals surface area contributed by atoms with E-state index in [1.54, 1.807) is 14.2 Å². The maximum atomic E-state index is 5.68. The van der Waals surface area contributed by atoms with Crippen LogP contribution < -0.4 is 15.2 Å². The first-order valence-electron chi connectivity index (χ1n) is 5.33. The third-order valence-electron chi connectivity index (χ3n) is 2.63. The van der Waals surface area contributed by atoms with E-state index in [1.165, 1.54) is 0 Å². The van der Waals surface area contributed by atoms with Crippen molar-refractivity contribution < 1.29 is 9.47 Å². The van der Waals surface area contributed by atoms with Crippen LogP contribution in [0.5, 0.6) is 11.5 Å². The summed E-state index contributed by atoms with van der Waals surface area (Å²) in [6.07, 6.45) is 0. The van der Waals surface area contributed by atoms with Crippen LogP contribution in [0, 0.1) is 0 Å². The molecule has 0 radical (unpaired) electrons. The van der Waals surface area contributed by atoms with Crippen molar-refractivity contribution in [2.24, 2.45) is 0 Å². The molecule has 0 heterocycles. The monoisotopic (exact) mass is 229 g/mol. The fourth-order valence-corrected chi connectivity index (χ4v) is 1.79. The Labute approximate surface area is 101 Å². The smallest absolute Gasteiger partial charge is 0.130 e. The maximum absolute atomic E-state index is 5.68. The summed E-state index contributed by atoms with van der Waals surface area (Å²) in [6.45, 7) is 0. The quantitative estimate of drug-likeness (QED) is 0.823. The Kier molecular flexibility index (Phi) is 3.19. The molecule has 0 aliphatic heterocycles. The summed E-state index contributed by atoms with van der Waals surface area (Å²) in [7, 11) is 3.30. The van der Waals surface area contributed by atoms with Gasteiger partial charge < -0.3 is 15.2 Å². The molecule has 0 saturated carbocycles. The lowest BCUT2D eigenvalue weighted by Gasteiger charge is -2.13. The van der Waals surface area contributed by atoms with Crippen LogP contribution in [0.15, 0.2) is 42.5 Å². The first-order valence-corrected chi connectivity index (χ1v) is 5.33. The molecule has 0 aromatic heterocycles. The van der Waals surface area contributed by atoms with E-state index < -0.39 is 0 Å². The number of ether oxygens (including phenoxy) is 2. The van der Waals surface area contributed by atoms with Crippen molar-refractivity contribution in [1.82, 2.24) is 0 Å². The Balaban J connectivity index is 2.59. The van der Waals surface area contributed by atoms with E-state index in [2.05, 4.69) is 0 Å². The number of hydrogen-bond acceptors (Lipinski definition) is 3. The molecule has 2 rings (SSSR count). The van der Waals surface area contributed by atoms with E-state index >= 15 is 0 Å². The largest absolute Gasteiger partial charge is 0.496 e. The van der Waals surface area contributed by atoms with Gasteiger partial charge >= 0.3 is 0 Å². The van der Waals surface area contributed by atoms with Gasteiger partial charge in [0.25, 0.3) is 0 Å². The average molecular weight is 229 g/mol. The zero-order valence-electron chi connectivity index (χ0n) is 9.94. The van der Waals surface area contributed by atoms with Crippen LogP contribution in [-0.2, 0) is 0 Å². The highest BCUT2D eigenvalue weighted by Crippen LogP contribution is 2.38. The molecular weight excluding hydrogens is 214 g/mol. The summed E-state index contributed by atoms with van der Waals surface area (Å²) < 4.78 is 10.7. The Hall–Kier alpha value is -2.16. The van der Waals surface area contributed by atoms with E-state index in [-0.39, 0.29) is 0 Å². The first kappa shape index (κ1) is 11.3. The summed E-state index contributed by atoms with van der Waals surface area (Å²) in [5.74, 6) is 1.57. The summed E-state index contributed by atoms with van der Waals surface area (Å²) in [4.78, 5) is 0. The molecule has 0 aliphatic carbocycles. The molecule has 0 bridgehead atoms. The van der Waals surface area contributed by atoms with Crippen LogP contribution in [0.3, 0.4) is 0 Å². The topological polar surface area (TPSA) is 44.5 Å². The predicted molar refractivity (Wildman–Crippen MR) is 69.4 cm³/mol. The molecule has 0 fully saturated rings. The number of nitrogen functional groups attached to an aromatic ring is 1. The molecule has 17 heavy (non-hydrogen) atoms. The molecule has 88 valence electrons. The summed E-state index contributed by atoms with van der Waals surface area (Å²) in [6, 6.07) is 13.4. The lowest BCUT2D eigenvalue weighted by molar-refractivity contribution is 0.397. The van der Waals surface area contributed by atoms with Gasteiger partial charge in [0, 0.05) is 5.69 Å². The molecule has 0 atom stereocenters. The van der Waals surface area contributed by atoms with Crippen LogP contribution in [0.4, 0.5) is 5.69 Å².